The Morgan fingerprint density at radius 1 is 1.36 bits per heavy atom. The number of halogens is 1. The van der Waals surface area contributed by atoms with Crippen molar-refractivity contribution in [3.8, 4) is 0 Å². The van der Waals surface area contributed by atoms with Gasteiger partial charge in [-0.25, -0.2) is 8.42 Å². The van der Waals surface area contributed by atoms with Crippen LogP contribution in [-0.2, 0) is 9.84 Å². The molecule has 5 nitrogen and oxygen atoms in total. The van der Waals surface area contributed by atoms with Crippen LogP contribution >= 0.6 is 24.0 Å². The van der Waals surface area contributed by atoms with Crippen LogP contribution < -0.4 is 10.6 Å². The fraction of sp³-hybridized carbons (Fsp3) is 0.400. The van der Waals surface area contributed by atoms with Gasteiger partial charge in [0.15, 0.2) is 15.8 Å². The van der Waals surface area contributed by atoms with Crippen molar-refractivity contribution in [2.24, 2.45) is 4.99 Å². The number of nitrogens with one attached hydrogen (secondary N) is 2. The van der Waals surface area contributed by atoms with E-state index in [0.717, 1.165) is 0 Å². The van der Waals surface area contributed by atoms with Gasteiger partial charge in [-0.1, -0.05) is 31.2 Å². The molecule has 2 N–H and O–H groups in total. The molecule has 22 heavy (non-hydrogen) atoms. The molecule has 1 unspecified atom stereocenters. The molecule has 0 saturated carbocycles. The Morgan fingerprint density at radius 2 is 2.00 bits per heavy atom. The summed E-state index contributed by atoms with van der Waals surface area (Å²) in [6, 6.07) is 8.29. The zero-order valence-corrected chi connectivity index (χ0v) is 16.1. The highest BCUT2D eigenvalue weighted by Gasteiger charge is 2.20. The zero-order chi connectivity index (χ0) is 15.7. The molecule has 0 saturated heterocycles. The first-order valence-electron chi connectivity index (χ1n) is 6.89. The summed E-state index contributed by atoms with van der Waals surface area (Å²) in [5.41, 5.74) is 0. The predicted octanol–water partition coefficient (Wildman–Crippen LogP) is 2.21. The Bertz CT molecular complexity index is 574. The fourth-order valence-electron chi connectivity index (χ4n) is 1.81. The second kappa shape index (κ2) is 10.6. The van der Waals surface area contributed by atoms with Crippen molar-refractivity contribution in [3.63, 3.8) is 0 Å². The van der Waals surface area contributed by atoms with E-state index in [1.165, 1.54) is 0 Å². The zero-order valence-electron chi connectivity index (χ0n) is 13.0. The second-order valence-electron chi connectivity index (χ2n) is 4.59. The summed E-state index contributed by atoms with van der Waals surface area (Å²) in [6.07, 6.45) is 2.40. The number of aliphatic imine (C=N–C) groups is 1. The van der Waals surface area contributed by atoms with Crippen molar-refractivity contribution >= 4 is 39.8 Å². The molecule has 0 aromatic heterocycles. The second-order valence-corrected chi connectivity index (χ2v) is 6.62. The van der Waals surface area contributed by atoms with E-state index >= 15 is 0 Å². The Labute approximate surface area is 150 Å². The Balaban J connectivity index is 0.00000441. The molecule has 0 heterocycles. The van der Waals surface area contributed by atoms with Crippen LogP contribution in [0.1, 0.15) is 13.3 Å². The van der Waals surface area contributed by atoms with Crippen molar-refractivity contribution in [3.05, 3.63) is 43.0 Å². The van der Waals surface area contributed by atoms with Gasteiger partial charge < -0.3 is 10.6 Å². The van der Waals surface area contributed by atoms with Gasteiger partial charge in [-0.05, 0) is 18.6 Å². The molecule has 124 valence electrons. The first-order valence-corrected chi connectivity index (χ1v) is 8.54. The summed E-state index contributed by atoms with van der Waals surface area (Å²) in [7, 11) is -1.66. The van der Waals surface area contributed by atoms with Gasteiger partial charge in [-0.2, -0.15) is 0 Å². The molecule has 1 aromatic carbocycles. The van der Waals surface area contributed by atoms with Gasteiger partial charge in [0.1, 0.15) is 0 Å². The lowest BCUT2D eigenvalue weighted by Crippen LogP contribution is -2.46. The molecule has 0 spiro atoms. The molecule has 0 radical (unpaired) electrons. The van der Waals surface area contributed by atoms with E-state index in [9.17, 15) is 8.42 Å². The van der Waals surface area contributed by atoms with E-state index in [1.54, 1.807) is 43.5 Å². The maximum absolute atomic E-state index is 12.4. The minimum absolute atomic E-state index is 0. The molecule has 1 aromatic rings. The number of nitrogens with zero attached hydrogens (tertiary/aromatic N) is 1. The fourth-order valence-corrected chi connectivity index (χ4v) is 3.42. The number of hydrogen-bond donors (Lipinski definition) is 2. The number of benzene rings is 1. The highest BCUT2D eigenvalue weighted by Crippen LogP contribution is 2.12. The molecular weight excluding hydrogens is 413 g/mol. The molecule has 0 fully saturated rings. The lowest BCUT2D eigenvalue weighted by atomic mass is 10.3. The Hall–Kier alpha value is -1.09. The van der Waals surface area contributed by atoms with Gasteiger partial charge in [0, 0.05) is 19.6 Å². The standard InChI is InChI=1S/C15H23N3O2S.HI/c1-4-11-17-15(16-3)18-13(5-2)12-21(19,20)14-9-7-6-8-10-14;/h4,6-10,13H,1,5,11-12H2,2-3H3,(H2,16,17,18);1H. The molecule has 1 rings (SSSR count). The van der Waals surface area contributed by atoms with Crippen LogP contribution in [0.2, 0.25) is 0 Å². The van der Waals surface area contributed by atoms with Crippen LogP contribution in [0.5, 0.6) is 0 Å². The molecule has 0 aliphatic heterocycles. The normalized spacial score (nSPS) is 12.9. The summed E-state index contributed by atoms with van der Waals surface area (Å²) >= 11 is 0. The van der Waals surface area contributed by atoms with Crippen LogP contribution in [0.4, 0.5) is 0 Å². The summed E-state index contributed by atoms with van der Waals surface area (Å²) in [6.45, 7) is 6.14. The maximum atomic E-state index is 12.4. The lowest BCUT2D eigenvalue weighted by molar-refractivity contribution is 0.569. The molecule has 7 heteroatoms. The minimum Gasteiger partial charge on any atom is -0.353 e. The summed E-state index contributed by atoms with van der Waals surface area (Å²) < 4.78 is 24.7. The first-order chi connectivity index (χ1) is 10.0. The van der Waals surface area contributed by atoms with Crippen LogP contribution in [0.25, 0.3) is 0 Å². The van der Waals surface area contributed by atoms with Gasteiger partial charge in [-0.15, -0.1) is 30.6 Å². The number of rotatable bonds is 7. The summed E-state index contributed by atoms with van der Waals surface area (Å²) in [5.74, 6) is 0.604. The van der Waals surface area contributed by atoms with E-state index in [4.69, 9.17) is 0 Å². The average Bonchev–Trinajstić information content (AvgIpc) is 2.51. The SMILES string of the molecule is C=CCNC(=NC)NC(CC)CS(=O)(=O)c1ccccc1.I. The quantitative estimate of drug-likeness (QED) is 0.297. The van der Waals surface area contributed by atoms with Crippen LogP contribution in [0.15, 0.2) is 52.9 Å². The maximum Gasteiger partial charge on any atom is 0.191 e. The summed E-state index contributed by atoms with van der Waals surface area (Å²) in [4.78, 5) is 4.41. The van der Waals surface area contributed by atoms with Crippen molar-refractivity contribution in [1.82, 2.24) is 10.6 Å². The molecule has 1 atom stereocenters. The minimum atomic E-state index is -3.31. The molecule has 0 bridgehead atoms. The smallest absolute Gasteiger partial charge is 0.191 e. The van der Waals surface area contributed by atoms with Crippen molar-refractivity contribution in [1.29, 1.82) is 0 Å². The summed E-state index contributed by atoms with van der Waals surface area (Å²) in [5, 5.41) is 6.16. The predicted molar refractivity (Wildman–Crippen MR) is 103 cm³/mol. The topological polar surface area (TPSA) is 70.6 Å². The Kier molecular flexibility index (Phi) is 10.1. The molecule has 0 aliphatic rings. The largest absolute Gasteiger partial charge is 0.353 e. The van der Waals surface area contributed by atoms with Crippen molar-refractivity contribution < 1.29 is 8.42 Å². The van der Waals surface area contributed by atoms with E-state index in [0.29, 0.717) is 23.8 Å². The number of guanidine groups is 1. The Morgan fingerprint density at radius 3 is 2.50 bits per heavy atom. The average molecular weight is 437 g/mol. The number of sulfone groups is 1. The third kappa shape index (κ3) is 6.78. The van der Waals surface area contributed by atoms with Crippen LogP contribution in [-0.4, -0.2) is 39.8 Å². The lowest BCUT2D eigenvalue weighted by Gasteiger charge is -2.20. The highest BCUT2D eigenvalue weighted by molar-refractivity contribution is 14.0. The number of hydrogen-bond acceptors (Lipinski definition) is 3. The van der Waals surface area contributed by atoms with Gasteiger partial charge in [-0.3, -0.25) is 4.99 Å². The van der Waals surface area contributed by atoms with E-state index in [2.05, 4.69) is 22.2 Å². The monoisotopic (exact) mass is 437 g/mol. The van der Waals surface area contributed by atoms with Gasteiger partial charge in [0.05, 0.1) is 10.6 Å². The highest BCUT2D eigenvalue weighted by atomic mass is 127. The first kappa shape index (κ1) is 20.9. The van der Waals surface area contributed by atoms with Gasteiger partial charge in [0.25, 0.3) is 0 Å². The van der Waals surface area contributed by atoms with Gasteiger partial charge >= 0.3 is 0 Å². The molecule has 0 aliphatic carbocycles. The molecular formula is C15H24IN3O2S. The van der Waals surface area contributed by atoms with E-state index < -0.39 is 9.84 Å². The third-order valence-electron chi connectivity index (χ3n) is 2.99. The third-order valence-corrected chi connectivity index (χ3v) is 4.83. The van der Waals surface area contributed by atoms with E-state index in [1.807, 2.05) is 6.92 Å². The van der Waals surface area contributed by atoms with Crippen LogP contribution in [0, 0.1) is 0 Å². The van der Waals surface area contributed by atoms with Crippen molar-refractivity contribution in [2.45, 2.75) is 24.3 Å². The van der Waals surface area contributed by atoms with Crippen LogP contribution in [0.3, 0.4) is 0 Å². The van der Waals surface area contributed by atoms with E-state index in [-0.39, 0.29) is 35.8 Å². The van der Waals surface area contributed by atoms with Gasteiger partial charge in [0.2, 0.25) is 0 Å². The van der Waals surface area contributed by atoms with Crippen molar-refractivity contribution in [2.75, 3.05) is 19.3 Å². The molecule has 0 amide bonds.